The molecule has 0 spiro atoms. The monoisotopic (exact) mass is 821 g/mol. The molecule has 63 heavy (non-hydrogen) atoms. The fraction of sp³-hybridized carbons (Fsp3) is 0.186. The highest BCUT2D eigenvalue weighted by Gasteiger charge is 2.25. The Kier molecular flexibility index (Phi) is 10.5. The van der Waals surface area contributed by atoms with Crippen molar-refractivity contribution in [3.63, 3.8) is 0 Å². The molecule has 0 saturated heterocycles. The van der Waals surface area contributed by atoms with Crippen molar-refractivity contribution in [2.45, 2.75) is 73.1 Å². The van der Waals surface area contributed by atoms with Crippen molar-refractivity contribution in [3.8, 4) is 78.6 Å². The number of nitrogens with zero attached hydrogens (tertiary/aromatic N) is 3. The number of benzene rings is 7. The van der Waals surface area contributed by atoms with Crippen LogP contribution in [0, 0.1) is 20.8 Å². The third kappa shape index (κ3) is 8.10. The van der Waals surface area contributed by atoms with E-state index in [0.29, 0.717) is 11.4 Å². The smallest absolute Gasteiger partial charge is 0.149 e. The second kappa shape index (κ2) is 16.0. The zero-order valence-corrected chi connectivity index (χ0v) is 37.9. The Balaban J connectivity index is 1.33. The lowest BCUT2D eigenvalue weighted by Crippen LogP contribution is -2.13. The average Bonchev–Trinajstić information content (AvgIpc) is 3.67. The van der Waals surface area contributed by atoms with Gasteiger partial charge in [0.1, 0.15) is 11.6 Å². The summed E-state index contributed by atoms with van der Waals surface area (Å²) in [5, 5.41) is 11.9. The van der Waals surface area contributed by atoms with Crippen molar-refractivity contribution in [2.24, 2.45) is 0 Å². The van der Waals surface area contributed by atoms with Gasteiger partial charge in [0.2, 0.25) is 0 Å². The van der Waals surface area contributed by atoms with E-state index in [9.17, 15) is 5.11 Å². The first-order chi connectivity index (χ1) is 30.1. The molecule has 0 amide bonds. The van der Waals surface area contributed by atoms with Crippen LogP contribution in [0.25, 0.3) is 83.9 Å². The molecule has 1 N–H and O–H groups in total. The molecule has 0 atom stereocenters. The Labute approximate surface area is 372 Å². The van der Waals surface area contributed by atoms with Gasteiger partial charge in [-0.1, -0.05) is 156 Å². The van der Waals surface area contributed by atoms with Crippen LogP contribution in [0.4, 0.5) is 0 Å². The van der Waals surface area contributed by atoms with Crippen molar-refractivity contribution < 1.29 is 5.11 Å². The molecule has 0 aliphatic rings. The Morgan fingerprint density at radius 1 is 0.460 bits per heavy atom. The quantitative estimate of drug-likeness (QED) is 0.174. The molecular weight excluding hydrogens is 767 g/mol. The second-order valence-corrected chi connectivity index (χ2v) is 19.2. The number of aromatic hydroxyl groups is 1. The molecule has 4 heteroatoms. The summed E-state index contributed by atoms with van der Waals surface area (Å²) in [6.07, 6.45) is 1.91. The SMILES string of the molecule is Cc1ccc(-c2ccnc(-c3cc(-c4ccccc4)cc(-c4cccc5c4nc(-c4cc(C)cc(C)c4O)n5-c4cc(C(C)(C)C)ccc4-c4ccc(C(C)(C)C)cc4)c3)c2)cc1. The summed E-state index contributed by atoms with van der Waals surface area (Å²) >= 11 is 0. The van der Waals surface area contributed by atoms with Crippen LogP contribution in [-0.2, 0) is 10.8 Å². The zero-order chi connectivity index (χ0) is 44.2. The minimum Gasteiger partial charge on any atom is -0.507 e. The Hall–Kier alpha value is -7.04. The third-order valence-corrected chi connectivity index (χ3v) is 12.3. The molecule has 9 rings (SSSR count). The number of imidazole rings is 1. The number of para-hydroxylation sites is 1. The van der Waals surface area contributed by atoms with E-state index in [4.69, 9.17) is 9.97 Å². The van der Waals surface area contributed by atoms with Gasteiger partial charge in [0, 0.05) is 22.9 Å². The van der Waals surface area contributed by atoms with E-state index < -0.39 is 0 Å². The largest absolute Gasteiger partial charge is 0.507 e. The molecule has 312 valence electrons. The average molecular weight is 822 g/mol. The first-order valence-electron chi connectivity index (χ1n) is 21.9. The standard InChI is InChI=1S/C59H55N3O/c1-37-18-20-41(21-19-37)43-28-29-60-52(35-43)46-33-44(40-14-11-10-12-15-40)32-45(34-46)50-16-13-17-53-55(50)61-57(51-31-38(2)30-39(3)56(51)63)62(53)54-36-48(59(7,8)9)26-27-49(54)42-22-24-47(25-23-42)58(4,5)6/h10-36,63H,1-9H3. The van der Waals surface area contributed by atoms with E-state index in [1.54, 1.807) is 0 Å². The van der Waals surface area contributed by atoms with Gasteiger partial charge in [-0.15, -0.1) is 0 Å². The van der Waals surface area contributed by atoms with Crippen LogP contribution in [0.2, 0.25) is 0 Å². The Morgan fingerprint density at radius 2 is 1.11 bits per heavy atom. The maximum Gasteiger partial charge on any atom is 0.149 e. The number of aryl methyl sites for hydroxylation is 3. The molecule has 0 aliphatic heterocycles. The number of pyridine rings is 1. The number of aromatic nitrogens is 3. The van der Waals surface area contributed by atoms with Gasteiger partial charge in [0.25, 0.3) is 0 Å². The Morgan fingerprint density at radius 3 is 1.83 bits per heavy atom. The molecule has 0 unspecified atom stereocenters. The van der Waals surface area contributed by atoms with Crippen molar-refractivity contribution in [1.82, 2.24) is 14.5 Å². The van der Waals surface area contributed by atoms with E-state index in [2.05, 4.69) is 212 Å². The minimum atomic E-state index is -0.119. The topological polar surface area (TPSA) is 50.9 Å². The summed E-state index contributed by atoms with van der Waals surface area (Å²) in [4.78, 5) is 10.6. The van der Waals surface area contributed by atoms with Crippen LogP contribution in [0.15, 0.2) is 164 Å². The first kappa shape index (κ1) is 41.3. The number of hydrogen-bond donors (Lipinski definition) is 1. The van der Waals surface area contributed by atoms with E-state index in [0.717, 1.165) is 83.6 Å². The maximum atomic E-state index is 11.9. The molecule has 0 radical (unpaired) electrons. The van der Waals surface area contributed by atoms with Gasteiger partial charge in [-0.2, -0.15) is 0 Å². The highest BCUT2D eigenvalue weighted by molar-refractivity contribution is 5.98. The molecule has 7 aromatic carbocycles. The zero-order valence-electron chi connectivity index (χ0n) is 37.9. The van der Waals surface area contributed by atoms with Gasteiger partial charge < -0.3 is 5.11 Å². The summed E-state index contributed by atoms with van der Waals surface area (Å²) in [6.45, 7) is 19.7. The van der Waals surface area contributed by atoms with Crippen LogP contribution >= 0.6 is 0 Å². The lowest BCUT2D eigenvalue weighted by atomic mass is 9.84. The van der Waals surface area contributed by atoms with Gasteiger partial charge >= 0.3 is 0 Å². The number of phenolic OH excluding ortho intramolecular Hbond substituents is 1. The molecule has 0 bridgehead atoms. The summed E-state index contributed by atoms with van der Waals surface area (Å²) in [5.74, 6) is 0.918. The summed E-state index contributed by atoms with van der Waals surface area (Å²) in [6, 6.07) is 56.6. The fourth-order valence-corrected chi connectivity index (χ4v) is 8.71. The number of hydrogen-bond acceptors (Lipinski definition) is 3. The molecule has 2 aromatic heterocycles. The fourth-order valence-electron chi connectivity index (χ4n) is 8.71. The lowest BCUT2D eigenvalue weighted by molar-refractivity contribution is 0.472. The van der Waals surface area contributed by atoms with Gasteiger partial charge in [-0.3, -0.25) is 9.55 Å². The summed E-state index contributed by atoms with van der Waals surface area (Å²) < 4.78 is 2.28. The number of rotatable bonds is 7. The number of fused-ring (bicyclic) bond motifs is 1. The molecule has 2 heterocycles. The number of phenols is 1. The van der Waals surface area contributed by atoms with E-state index in [1.165, 1.54) is 16.7 Å². The Bertz CT molecular complexity index is 3140. The predicted molar refractivity (Wildman–Crippen MR) is 265 cm³/mol. The molecular formula is C59H55N3O. The van der Waals surface area contributed by atoms with E-state index in [-0.39, 0.29) is 16.6 Å². The van der Waals surface area contributed by atoms with Crippen LogP contribution in [0.3, 0.4) is 0 Å². The summed E-state index contributed by atoms with van der Waals surface area (Å²) in [5.41, 5.74) is 19.6. The molecule has 0 aliphatic carbocycles. The van der Waals surface area contributed by atoms with Crippen molar-refractivity contribution in [2.75, 3.05) is 0 Å². The maximum absolute atomic E-state index is 11.9. The molecule has 0 fully saturated rings. The highest BCUT2D eigenvalue weighted by Crippen LogP contribution is 2.43. The van der Waals surface area contributed by atoms with Crippen molar-refractivity contribution in [3.05, 3.63) is 192 Å². The normalized spacial score (nSPS) is 12.0. The van der Waals surface area contributed by atoms with Gasteiger partial charge in [0.05, 0.1) is 28.0 Å². The van der Waals surface area contributed by atoms with Crippen LogP contribution in [0.5, 0.6) is 5.75 Å². The van der Waals surface area contributed by atoms with Gasteiger partial charge in [-0.25, -0.2) is 4.98 Å². The van der Waals surface area contributed by atoms with Gasteiger partial charge in [-0.05, 0) is 136 Å². The van der Waals surface area contributed by atoms with Crippen LogP contribution in [-0.4, -0.2) is 19.6 Å². The predicted octanol–water partition coefficient (Wildman–Crippen LogP) is 15.6. The lowest BCUT2D eigenvalue weighted by Gasteiger charge is -2.24. The van der Waals surface area contributed by atoms with Crippen LogP contribution in [0.1, 0.15) is 69.4 Å². The summed E-state index contributed by atoms with van der Waals surface area (Å²) in [7, 11) is 0. The van der Waals surface area contributed by atoms with Crippen molar-refractivity contribution >= 4 is 11.0 Å². The van der Waals surface area contributed by atoms with E-state index in [1.807, 2.05) is 19.2 Å². The molecule has 4 nitrogen and oxygen atoms in total. The van der Waals surface area contributed by atoms with Crippen LogP contribution < -0.4 is 0 Å². The van der Waals surface area contributed by atoms with E-state index >= 15 is 0 Å². The first-order valence-corrected chi connectivity index (χ1v) is 21.9. The molecule has 9 aromatic rings. The van der Waals surface area contributed by atoms with Gasteiger partial charge in [0.15, 0.2) is 0 Å². The minimum absolute atomic E-state index is 0.0275. The second-order valence-electron chi connectivity index (χ2n) is 19.2. The molecule has 0 saturated carbocycles. The van der Waals surface area contributed by atoms with Crippen molar-refractivity contribution in [1.29, 1.82) is 0 Å². The highest BCUT2D eigenvalue weighted by atomic mass is 16.3. The third-order valence-electron chi connectivity index (χ3n) is 12.3.